The summed E-state index contributed by atoms with van der Waals surface area (Å²) in [6.07, 6.45) is 3.61. The van der Waals surface area contributed by atoms with Gasteiger partial charge in [0.15, 0.2) is 0 Å². The predicted molar refractivity (Wildman–Crippen MR) is 75.0 cm³/mol. The fourth-order valence-corrected chi connectivity index (χ4v) is 3.42. The highest BCUT2D eigenvalue weighted by Gasteiger charge is 2.24. The molecule has 92 valence electrons. The molecular formula is C16H16OS. The Kier molecular flexibility index (Phi) is 3.28. The summed E-state index contributed by atoms with van der Waals surface area (Å²) >= 11 is 1.68. The third-order valence-electron chi connectivity index (χ3n) is 3.73. The van der Waals surface area contributed by atoms with E-state index in [2.05, 4.69) is 30.3 Å². The number of Topliss-reactive ketones (excluding diaryl/α,β-unsaturated/α-hetero) is 1. The zero-order chi connectivity index (χ0) is 12.4. The van der Waals surface area contributed by atoms with Crippen molar-refractivity contribution >= 4 is 17.1 Å². The van der Waals surface area contributed by atoms with Crippen molar-refractivity contribution in [1.82, 2.24) is 0 Å². The van der Waals surface area contributed by atoms with Gasteiger partial charge in [0.1, 0.15) is 5.78 Å². The first kappa shape index (κ1) is 11.7. The van der Waals surface area contributed by atoms with Crippen LogP contribution in [-0.4, -0.2) is 5.78 Å². The molecule has 18 heavy (non-hydrogen) atoms. The van der Waals surface area contributed by atoms with E-state index >= 15 is 0 Å². The van der Waals surface area contributed by atoms with Gasteiger partial charge in [-0.25, -0.2) is 0 Å². The van der Waals surface area contributed by atoms with Crippen LogP contribution in [-0.2, 0) is 24.1 Å². The van der Waals surface area contributed by atoms with Crippen molar-refractivity contribution in [2.75, 3.05) is 0 Å². The Hall–Kier alpha value is -1.41. The van der Waals surface area contributed by atoms with Crippen LogP contribution in [0.4, 0.5) is 0 Å². The van der Waals surface area contributed by atoms with Crippen molar-refractivity contribution < 1.29 is 4.79 Å². The third kappa shape index (κ3) is 2.39. The minimum absolute atomic E-state index is 0.224. The van der Waals surface area contributed by atoms with Crippen molar-refractivity contribution in [1.29, 1.82) is 0 Å². The average molecular weight is 256 g/mol. The molecule has 2 aromatic rings. The smallest absolute Gasteiger partial charge is 0.141 e. The Balaban J connectivity index is 1.70. The number of fused-ring (bicyclic) bond motifs is 1. The van der Waals surface area contributed by atoms with Gasteiger partial charge in [0, 0.05) is 17.2 Å². The Labute approximate surface area is 111 Å². The second kappa shape index (κ2) is 5.07. The molecule has 0 saturated carbocycles. The van der Waals surface area contributed by atoms with E-state index < -0.39 is 0 Å². The summed E-state index contributed by atoms with van der Waals surface area (Å²) in [7, 11) is 0. The predicted octanol–water partition coefficient (Wildman–Crippen LogP) is 3.66. The minimum Gasteiger partial charge on any atom is -0.299 e. The summed E-state index contributed by atoms with van der Waals surface area (Å²) < 4.78 is 0. The van der Waals surface area contributed by atoms with Crippen molar-refractivity contribution in [2.45, 2.75) is 25.7 Å². The highest BCUT2D eigenvalue weighted by Crippen LogP contribution is 2.27. The Morgan fingerprint density at radius 2 is 2.00 bits per heavy atom. The van der Waals surface area contributed by atoms with Crippen molar-refractivity contribution in [3.63, 3.8) is 0 Å². The molecule has 1 nitrogen and oxygen atoms in total. The molecule has 1 aliphatic carbocycles. The number of benzene rings is 1. The Morgan fingerprint density at radius 3 is 2.78 bits per heavy atom. The number of aryl methyl sites for hydroxylation is 1. The largest absolute Gasteiger partial charge is 0.299 e. The van der Waals surface area contributed by atoms with E-state index in [1.807, 2.05) is 11.4 Å². The molecule has 0 spiro atoms. The molecule has 0 aliphatic heterocycles. The van der Waals surface area contributed by atoms with Gasteiger partial charge in [-0.2, -0.15) is 0 Å². The SMILES string of the molecule is O=C(Cc1cccs1)C1CCc2ccccc2C1. The van der Waals surface area contributed by atoms with Crippen molar-refractivity contribution in [3.05, 3.63) is 57.8 Å². The Morgan fingerprint density at radius 1 is 1.17 bits per heavy atom. The highest BCUT2D eigenvalue weighted by molar-refractivity contribution is 7.10. The van der Waals surface area contributed by atoms with E-state index in [9.17, 15) is 4.79 Å². The molecule has 1 aromatic heterocycles. The number of thiophene rings is 1. The van der Waals surface area contributed by atoms with Crippen molar-refractivity contribution in [2.24, 2.45) is 5.92 Å². The van der Waals surface area contributed by atoms with E-state index in [-0.39, 0.29) is 5.92 Å². The zero-order valence-corrected chi connectivity index (χ0v) is 11.1. The summed E-state index contributed by atoms with van der Waals surface area (Å²) in [4.78, 5) is 13.5. The van der Waals surface area contributed by atoms with Crippen LogP contribution >= 0.6 is 11.3 Å². The zero-order valence-electron chi connectivity index (χ0n) is 10.3. The molecule has 0 amide bonds. The molecule has 1 aromatic carbocycles. The first-order valence-electron chi connectivity index (χ1n) is 6.45. The lowest BCUT2D eigenvalue weighted by Gasteiger charge is -2.23. The maximum atomic E-state index is 12.3. The quantitative estimate of drug-likeness (QED) is 0.819. The van der Waals surface area contributed by atoms with Crippen LogP contribution in [0.25, 0.3) is 0 Å². The first-order chi connectivity index (χ1) is 8.83. The summed E-state index contributed by atoms with van der Waals surface area (Å²) in [5.74, 6) is 0.633. The van der Waals surface area contributed by atoms with Crippen LogP contribution in [0, 0.1) is 5.92 Å². The van der Waals surface area contributed by atoms with E-state index in [0.717, 1.165) is 19.3 Å². The lowest BCUT2D eigenvalue weighted by Crippen LogP contribution is -2.23. The average Bonchev–Trinajstić information content (AvgIpc) is 2.91. The van der Waals surface area contributed by atoms with Gasteiger partial charge in [-0.1, -0.05) is 30.3 Å². The number of rotatable bonds is 3. The molecule has 1 heterocycles. The molecule has 0 radical (unpaired) electrons. The lowest BCUT2D eigenvalue weighted by molar-refractivity contribution is -0.122. The first-order valence-corrected chi connectivity index (χ1v) is 7.33. The molecule has 1 unspecified atom stereocenters. The van der Waals surface area contributed by atoms with E-state index in [1.165, 1.54) is 16.0 Å². The fourth-order valence-electron chi connectivity index (χ4n) is 2.70. The normalized spacial score (nSPS) is 18.3. The summed E-state index contributed by atoms with van der Waals surface area (Å²) in [5, 5.41) is 2.04. The highest BCUT2D eigenvalue weighted by atomic mass is 32.1. The number of hydrogen-bond donors (Lipinski definition) is 0. The minimum atomic E-state index is 0.224. The van der Waals surface area contributed by atoms with Crippen LogP contribution < -0.4 is 0 Å². The van der Waals surface area contributed by atoms with Crippen LogP contribution in [0.2, 0.25) is 0 Å². The van der Waals surface area contributed by atoms with Crippen LogP contribution in [0.15, 0.2) is 41.8 Å². The summed E-state index contributed by atoms with van der Waals surface area (Å²) in [6, 6.07) is 12.6. The molecular weight excluding hydrogens is 240 g/mol. The van der Waals surface area contributed by atoms with Crippen LogP contribution in [0.5, 0.6) is 0 Å². The molecule has 0 fully saturated rings. The van der Waals surface area contributed by atoms with Crippen LogP contribution in [0.1, 0.15) is 22.4 Å². The molecule has 1 atom stereocenters. The van der Waals surface area contributed by atoms with Gasteiger partial charge < -0.3 is 0 Å². The molecule has 0 saturated heterocycles. The number of ketones is 1. The molecule has 2 heteroatoms. The van der Waals surface area contributed by atoms with E-state index in [4.69, 9.17) is 0 Å². The Bertz CT molecular complexity index is 542. The van der Waals surface area contributed by atoms with Crippen molar-refractivity contribution in [3.8, 4) is 0 Å². The third-order valence-corrected chi connectivity index (χ3v) is 4.61. The van der Waals surface area contributed by atoms with Gasteiger partial charge in [0.05, 0.1) is 0 Å². The second-order valence-electron chi connectivity index (χ2n) is 4.93. The van der Waals surface area contributed by atoms with Gasteiger partial charge in [0.25, 0.3) is 0 Å². The summed E-state index contributed by atoms with van der Waals surface area (Å²) in [6.45, 7) is 0. The van der Waals surface area contributed by atoms with E-state index in [1.54, 1.807) is 11.3 Å². The van der Waals surface area contributed by atoms with Gasteiger partial charge in [-0.05, 0) is 41.8 Å². The number of carbonyl (C=O) groups excluding carboxylic acids is 1. The lowest BCUT2D eigenvalue weighted by atomic mass is 9.81. The second-order valence-corrected chi connectivity index (χ2v) is 5.96. The molecule has 3 rings (SSSR count). The standard InChI is InChI=1S/C16H16OS/c17-16(11-15-6-3-9-18-15)14-8-7-12-4-1-2-5-13(12)10-14/h1-6,9,14H,7-8,10-11H2. The van der Waals surface area contributed by atoms with Gasteiger partial charge >= 0.3 is 0 Å². The maximum Gasteiger partial charge on any atom is 0.141 e. The topological polar surface area (TPSA) is 17.1 Å². The molecule has 1 aliphatic rings. The summed E-state index contributed by atoms with van der Waals surface area (Å²) in [5.41, 5.74) is 2.80. The molecule has 0 N–H and O–H groups in total. The van der Waals surface area contributed by atoms with Gasteiger partial charge in [0.2, 0.25) is 0 Å². The van der Waals surface area contributed by atoms with Crippen LogP contribution in [0.3, 0.4) is 0 Å². The fraction of sp³-hybridized carbons (Fsp3) is 0.312. The monoisotopic (exact) mass is 256 g/mol. The van der Waals surface area contributed by atoms with Gasteiger partial charge in [-0.3, -0.25) is 4.79 Å². The molecule has 0 bridgehead atoms. The number of carbonyl (C=O) groups is 1. The van der Waals surface area contributed by atoms with Gasteiger partial charge in [-0.15, -0.1) is 11.3 Å². The maximum absolute atomic E-state index is 12.3. The van der Waals surface area contributed by atoms with E-state index in [0.29, 0.717) is 12.2 Å². The number of hydrogen-bond acceptors (Lipinski definition) is 2.